The Hall–Kier alpha value is -4.14. The summed E-state index contributed by atoms with van der Waals surface area (Å²) in [5, 5.41) is 7.49. The fourth-order valence-electron chi connectivity index (χ4n) is 4.72. The minimum atomic E-state index is -4.68. The lowest BCUT2D eigenvalue weighted by Gasteiger charge is -2.29. The lowest BCUT2D eigenvalue weighted by atomic mass is 10.1. The fourth-order valence-corrected chi connectivity index (χ4v) is 4.95. The fraction of sp³-hybridized carbons (Fsp3) is 0.286. The number of carbonyl (C=O) groups is 1. The minimum absolute atomic E-state index is 0.122. The summed E-state index contributed by atoms with van der Waals surface area (Å²) < 4.78 is 41.6. The average Bonchev–Trinajstić information content (AvgIpc) is 3.28. The molecular weight excluding hydrogens is 543 g/mol. The molecule has 1 aliphatic heterocycles. The van der Waals surface area contributed by atoms with Gasteiger partial charge in [-0.3, -0.25) is 4.79 Å². The number of aryl methyl sites for hydroxylation is 1. The maximum Gasteiger partial charge on any atom is 0.417 e. The Kier molecular flexibility index (Phi) is 7.40. The highest BCUT2D eigenvalue weighted by Gasteiger charge is 2.34. The van der Waals surface area contributed by atoms with Crippen LogP contribution in [0.25, 0.3) is 11.0 Å². The Balaban J connectivity index is 1.45. The first-order chi connectivity index (χ1) is 19.0. The van der Waals surface area contributed by atoms with Gasteiger partial charge >= 0.3 is 6.18 Å². The molecule has 1 saturated heterocycles. The van der Waals surface area contributed by atoms with Gasteiger partial charge < -0.3 is 16.0 Å². The summed E-state index contributed by atoms with van der Waals surface area (Å²) in [6.07, 6.45) is -1.28. The Labute approximate surface area is 233 Å². The van der Waals surface area contributed by atoms with Gasteiger partial charge in [-0.1, -0.05) is 23.6 Å². The number of nitrogens with one attached hydrogen (secondary N) is 1. The monoisotopic (exact) mass is 567 g/mol. The van der Waals surface area contributed by atoms with E-state index in [1.807, 2.05) is 11.6 Å². The largest absolute Gasteiger partial charge is 0.417 e. The Morgan fingerprint density at radius 2 is 1.98 bits per heavy atom. The molecule has 0 radical (unpaired) electrons. The van der Waals surface area contributed by atoms with Crippen molar-refractivity contribution in [1.82, 2.24) is 24.6 Å². The molecule has 3 N–H and O–H groups in total. The molecule has 2 aromatic heterocycles. The summed E-state index contributed by atoms with van der Waals surface area (Å²) in [4.78, 5) is 23.5. The lowest BCUT2D eigenvalue weighted by molar-refractivity contribution is -0.137. The van der Waals surface area contributed by atoms with Gasteiger partial charge in [-0.25, -0.2) is 14.6 Å². The predicted octanol–water partition coefficient (Wildman–Crippen LogP) is 5.31. The number of carbonyl (C=O) groups excluding carboxylic acids is 1. The summed E-state index contributed by atoms with van der Waals surface area (Å²) in [7, 11) is 2.07. The van der Waals surface area contributed by atoms with E-state index in [9.17, 15) is 18.0 Å². The second-order valence-electron chi connectivity index (χ2n) is 9.74. The van der Waals surface area contributed by atoms with Crippen molar-refractivity contribution in [3.05, 3.63) is 75.7 Å². The molecule has 3 heterocycles. The molecular formula is C28H25ClF3N7O. The van der Waals surface area contributed by atoms with Crippen molar-refractivity contribution in [3.8, 4) is 11.8 Å². The minimum Gasteiger partial charge on any atom is -0.383 e. The zero-order valence-corrected chi connectivity index (χ0v) is 22.4. The molecule has 0 saturated carbocycles. The molecule has 1 fully saturated rings. The van der Waals surface area contributed by atoms with E-state index in [0.29, 0.717) is 28.0 Å². The summed E-state index contributed by atoms with van der Waals surface area (Å²) in [5.41, 5.74) is 7.81. The number of benzene rings is 2. The number of likely N-dealkylation sites (N-methyl/N-ethyl adjacent to an activating group) is 1. The first kappa shape index (κ1) is 27.4. The van der Waals surface area contributed by atoms with Gasteiger partial charge in [0, 0.05) is 23.4 Å². The van der Waals surface area contributed by atoms with Gasteiger partial charge in [0.05, 0.1) is 22.0 Å². The smallest absolute Gasteiger partial charge is 0.383 e. The Morgan fingerprint density at radius 1 is 1.18 bits per heavy atom. The quantitative estimate of drug-likeness (QED) is 0.325. The van der Waals surface area contributed by atoms with Gasteiger partial charge in [-0.2, -0.15) is 18.3 Å². The molecule has 1 amide bonds. The van der Waals surface area contributed by atoms with E-state index in [1.165, 1.54) is 12.4 Å². The molecule has 1 atom stereocenters. The van der Waals surface area contributed by atoms with Crippen LogP contribution in [0, 0.1) is 18.8 Å². The van der Waals surface area contributed by atoms with Crippen molar-refractivity contribution >= 4 is 40.0 Å². The van der Waals surface area contributed by atoms with E-state index < -0.39 is 22.7 Å². The lowest BCUT2D eigenvalue weighted by Crippen LogP contribution is -2.34. The maximum atomic E-state index is 13.2. The normalized spacial score (nSPS) is 16.0. The zero-order valence-electron chi connectivity index (χ0n) is 21.7. The zero-order chi connectivity index (χ0) is 28.6. The third-order valence-electron chi connectivity index (χ3n) is 6.81. The summed E-state index contributed by atoms with van der Waals surface area (Å²) in [5.74, 6) is 5.76. The number of halogens is 4. The molecule has 206 valence electrons. The topological polar surface area (TPSA) is 102 Å². The Bertz CT molecular complexity index is 1670. The molecule has 2 aromatic carbocycles. The van der Waals surface area contributed by atoms with Crippen LogP contribution in [0.3, 0.4) is 0 Å². The number of piperidine rings is 1. The molecule has 0 spiro atoms. The van der Waals surface area contributed by atoms with Gasteiger partial charge in [0.1, 0.15) is 17.8 Å². The number of aromatic nitrogens is 4. The van der Waals surface area contributed by atoms with Crippen LogP contribution in [-0.4, -0.2) is 50.7 Å². The molecule has 4 aromatic rings. The van der Waals surface area contributed by atoms with Crippen LogP contribution in [0.1, 0.15) is 51.6 Å². The van der Waals surface area contributed by atoms with Crippen LogP contribution < -0.4 is 11.1 Å². The van der Waals surface area contributed by atoms with Crippen LogP contribution in [-0.2, 0) is 6.18 Å². The average molecular weight is 568 g/mol. The summed E-state index contributed by atoms with van der Waals surface area (Å²) in [6, 6.07) is 8.19. The molecule has 40 heavy (non-hydrogen) atoms. The molecule has 5 rings (SSSR count). The van der Waals surface area contributed by atoms with Gasteiger partial charge in [0.2, 0.25) is 0 Å². The van der Waals surface area contributed by atoms with Crippen molar-refractivity contribution in [3.63, 3.8) is 0 Å². The van der Waals surface area contributed by atoms with Crippen LogP contribution in [0.15, 0.2) is 42.7 Å². The number of likely N-dealkylation sites (tertiary alicyclic amines) is 1. The van der Waals surface area contributed by atoms with E-state index in [1.54, 1.807) is 18.2 Å². The standard InChI is InChI=1S/C28H25ClF3N7O/c1-16-5-8-19(36-27(40)18-6-9-22(29)21(13-18)28(30,31)32)12-17(16)7-10-23-24-25(33)34-15-35-26(24)39(37-23)20-4-3-11-38(2)14-20/h5-6,8-9,12-13,15,20H,3-4,11,14H2,1-2H3,(H,36,40)(H2,33,34,35)/t20-/m1/s1. The van der Waals surface area contributed by atoms with Crippen molar-refractivity contribution in [2.24, 2.45) is 0 Å². The van der Waals surface area contributed by atoms with Crippen molar-refractivity contribution in [1.29, 1.82) is 0 Å². The predicted molar refractivity (Wildman–Crippen MR) is 147 cm³/mol. The highest BCUT2D eigenvalue weighted by atomic mass is 35.5. The van der Waals surface area contributed by atoms with E-state index in [-0.39, 0.29) is 17.4 Å². The second-order valence-corrected chi connectivity index (χ2v) is 10.1. The number of hydrogen-bond donors (Lipinski definition) is 2. The van der Waals surface area contributed by atoms with E-state index in [0.717, 1.165) is 43.6 Å². The molecule has 12 heteroatoms. The number of rotatable bonds is 3. The molecule has 0 aliphatic carbocycles. The van der Waals surface area contributed by atoms with Crippen LogP contribution in [0.5, 0.6) is 0 Å². The summed E-state index contributed by atoms with van der Waals surface area (Å²) >= 11 is 5.68. The molecule has 1 aliphatic rings. The van der Waals surface area contributed by atoms with E-state index >= 15 is 0 Å². The van der Waals surface area contributed by atoms with Gasteiger partial charge in [0.15, 0.2) is 5.65 Å². The Morgan fingerprint density at radius 3 is 2.73 bits per heavy atom. The third-order valence-corrected chi connectivity index (χ3v) is 7.14. The first-order valence-corrected chi connectivity index (χ1v) is 12.9. The van der Waals surface area contributed by atoms with Crippen molar-refractivity contribution < 1.29 is 18.0 Å². The maximum absolute atomic E-state index is 13.2. The number of anilines is 2. The highest BCUT2D eigenvalue weighted by molar-refractivity contribution is 6.31. The first-order valence-electron chi connectivity index (χ1n) is 12.5. The summed E-state index contributed by atoms with van der Waals surface area (Å²) in [6.45, 7) is 3.70. The van der Waals surface area contributed by atoms with Gasteiger partial charge in [0.25, 0.3) is 5.91 Å². The number of hydrogen-bond acceptors (Lipinski definition) is 6. The number of nitrogens with zero attached hydrogens (tertiary/aromatic N) is 5. The highest BCUT2D eigenvalue weighted by Crippen LogP contribution is 2.35. The second kappa shape index (κ2) is 10.8. The van der Waals surface area contributed by atoms with Crippen molar-refractivity contribution in [2.75, 3.05) is 31.2 Å². The number of nitrogen functional groups attached to an aromatic ring is 1. The number of alkyl halides is 3. The molecule has 0 bridgehead atoms. The van der Waals surface area contributed by atoms with E-state index in [4.69, 9.17) is 22.4 Å². The number of amides is 1. The van der Waals surface area contributed by atoms with Crippen LogP contribution in [0.4, 0.5) is 24.7 Å². The van der Waals surface area contributed by atoms with Crippen LogP contribution in [0.2, 0.25) is 5.02 Å². The van der Waals surface area contributed by atoms with Gasteiger partial charge in [-0.05, 0) is 75.2 Å². The van der Waals surface area contributed by atoms with Crippen LogP contribution >= 0.6 is 11.6 Å². The number of nitrogens with two attached hydrogens (primary N) is 1. The van der Waals surface area contributed by atoms with Crippen molar-refractivity contribution in [2.45, 2.75) is 32.0 Å². The molecule has 0 unspecified atom stereocenters. The van der Waals surface area contributed by atoms with E-state index in [2.05, 4.69) is 39.1 Å². The SMILES string of the molecule is Cc1ccc(NC(=O)c2ccc(Cl)c(C(F)(F)F)c2)cc1C#Cc1nn([C@@H]2CCCN(C)C2)c2ncnc(N)c12. The molecule has 8 nitrogen and oxygen atoms in total. The third kappa shape index (κ3) is 5.59. The van der Waals surface area contributed by atoms with Gasteiger partial charge in [-0.15, -0.1) is 0 Å². The number of fused-ring (bicyclic) bond motifs is 1.